The summed E-state index contributed by atoms with van der Waals surface area (Å²) >= 11 is 0. The van der Waals surface area contributed by atoms with Crippen LogP contribution in [0.25, 0.3) is 0 Å². The van der Waals surface area contributed by atoms with Crippen LogP contribution in [0.15, 0.2) is 6.20 Å². The minimum atomic E-state index is 0.409. The molecular weight excluding hydrogens is 150 g/mol. The molecule has 0 N–H and O–H groups in total. The van der Waals surface area contributed by atoms with Crippen LogP contribution in [0.2, 0.25) is 0 Å². The van der Waals surface area contributed by atoms with Gasteiger partial charge in [0.25, 0.3) is 0 Å². The van der Waals surface area contributed by atoms with E-state index in [1.807, 2.05) is 7.05 Å². The Kier molecular flexibility index (Phi) is 2.49. The number of aromatic nitrogens is 2. The summed E-state index contributed by atoms with van der Waals surface area (Å²) < 4.78 is 1.78. The molecule has 0 saturated heterocycles. The maximum absolute atomic E-state index is 8.77. The second kappa shape index (κ2) is 3.40. The smallest absolute Gasteiger partial charge is 0.103 e. The molecule has 0 aliphatic rings. The molecule has 3 heteroatoms. The van der Waals surface area contributed by atoms with E-state index in [1.54, 1.807) is 10.9 Å². The Morgan fingerprint density at radius 2 is 2.42 bits per heavy atom. The first-order chi connectivity index (χ1) is 5.70. The highest BCUT2D eigenvalue weighted by molar-refractivity contribution is 5.33. The lowest BCUT2D eigenvalue weighted by atomic mass is 10.0. The molecule has 1 heterocycles. The molecule has 0 aromatic carbocycles. The Bertz CT molecular complexity index is 306. The predicted molar refractivity (Wildman–Crippen MR) is 46.6 cm³/mol. The average Bonchev–Trinajstić information content (AvgIpc) is 2.45. The first-order valence-electron chi connectivity index (χ1n) is 4.12. The van der Waals surface area contributed by atoms with Crippen LogP contribution in [0, 0.1) is 11.3 Å². The molecule has 0 aliphatic carbocycles. The fourth-order valence-corrected chi connectivity index (χ4v) is 1.31. The molecule has 1 rings (SSSR count). The zero-order chi connectivity index (χ0) is 9.14. The van der Waals surface area contributed by atoms with E-state index in [9.17, 15) is 0 Å². The Morgan fingerprint density at radius 3 is 2.92 bits per heavy atom. The number of aryl methyl sites for hydroxylation is 1. The lowest BCUT2D eigenvalue weighted by Gasteiger charge is -2.08. The number of rotatable bonds is 2. The highest BCUT2D eigenvalue weighted by atomic mass is 15.3. The highest BCUT2D eigenvalue weighted by Crippen LogP contribution is 2.20. The highest BCUT2D eigenvalue weighted by Gasteiger charge is 2.13. The SMILES string of the molecule is CCC(C)c1c(C#N)cnn1C. The van der Waals surface area contributed by atoms with Crippen molar-refractivity contribution in [2.45, 2.75) is 26.2 Å². The van der Waals surface area contributed by atoms with Crippen LogP contribution in [-0.2, 0) is 7.05 Å². The second-order valence-corrected chi connectivity index (χ2v) is 2.99. The van der Waals surface area contributed by atoms with E-state index < -0.39 is 0 Å². The van der Waals surface area contributed by atoms with Gasteiger partial charge < -0.3 is 0 Å². The first kappa shape index (κ1) is 8.79. The van der Waals surface area contributed by atoms with Gasteiger partial charge in [0, 0.05) is 7.05 Å². The Hall–Kier alpha value is -1.30. The molecule has 1 atom stereocenters. The summed E-state index contributed by atoms with van der Waals surface area (Å²) in [6, 6.07) is 2.15. The maximum atomic E-state index is 8.77. The van der Waals surface area contributed by atoms with E-state index in [2.05, 4.69) is 25.0 Å². The van der Waals surface area contributed by atoms with Crippen molar-refractivity contribution in [1.29, 1.82) is 5.26 Å². The maximum Gasteiger partial charge on any atom is 0.103 e. The third kappa shape index (κ3) is 1.33. The van der Waals surface area contributed by atoms with Gasteiger partial charge in [-0.2, -0.15) is 10.4 Å². The topological polar surface area (TPSA) is 41.6 Å². The summed E-state index contributed by atoms with van der Waals surface area (Å²) in [7, 11) is 1.88. The zero-order valence-electron chi connectivity index (χ0n) is 7.70. The van der Waals surface area contributed by atoms with E-state index in [4.69, 9.17) is 5.26 Å². The van der Waals surface area contributed by atoms with Crippen LogP contribution in [0.4, 0.5) is 0 Å². The van der Waals surface area contributed by atoms with Crippen LogP contribution in [0.1, 0.15) is 37.4 Å². The van der Waals surface area contributed by atoms with Crippen LogP contribution >= 0.6 is 0 Å². The second-order valence-electron chi connectivity index (χ2n) is 2.99. The van der Waals surface area contributed by atoms with Crippen LogP contribution in [0.5, 0.6) is 0 Å². The van der Waals surface area contributed by atoms with Gasteiger partial charge in [0.05, 0.1) is 17.5 Å². The van der Waals surface area contributed by atoms with Gasteiger partial charge in [-0.1, -0.05) is 13.8 Å². The van der Waals surface area contributed by atoms with Crippen LogP contribution < -0.4 is 0 Å². The number of hydrogen-bond donors (Lipinski definition) is 0. The molecule has 0 saturated carbocycles. The standard InChI is InChI=1S/C9H13N3/c1-4-7(2)9-8(5-10)6-11-12(9)3/h6-7H,4H2,1-3H3. The molecule has 3 nitrogen and oxygen atoms in total. The van der Waals surface area contributed by atoms with Crippen LogP contribution in [0.3, 0.4) is 0 Å². The van der Waals surface area contributed by atoms with E-state index >= 15 is 0 Å². The van der Waals surface area contributed by atoms with Crippen molar-refractivity contribution in [2.75, 3.05) is 0 Å². The van der Waals surface area contributed by atoms with E-state index in [0.29, 0.717) is 11.5 Å². The molecule has 1 unspecified atom stereocenters. The molecule has 12 heavy (non-hydrogen) atoms. The Labute approximate surface area is 72.6 Å². The van der Waals surface area contributed by atoms with Gasteiger partial charge in [0.2, 0.25) is 0 Å². The van der Waals surface area contributed by atoms with Crippen molar-refractivity contribution < 1.29 is 0 Å². The normalized spacial score (nSPS) is 12.5. The Morgan fingerprint density at radius 1 is 1.75 bits per heavy atom. The quantitative estimate of drug-likeness (QED) is 0.667. The third-order valence-electron chi connectivity index (χ3n) is 2.18. The average molecular weight is 163 g/mol. The molecule has 64 valence electrons. The lowest BCUT2D eigenvalue weighted by Crippen LogP contribution is -2.03. The first-order valence-corrected chi connectivity index (χ1v) is 4.12. The number of nitrogens with zero attached hydrogens (tertiary/aromatic N) is 3. The molecule has 0 fully saturated rings. The van der Waals surface area contributed by atoms with Gasteiger partial charge in [-0.25, -0.2) is 0 Å². The summed E-state index contributed by atoms with van der Waals surface area (Å²) in [6.07, 6.45) is 2.66. The van der Waals surface area contributed by atoms with Gasteiger partial charge >= 0.3 is 0 Å². The fourth-order valence-electron chi connectivity index (χ4n) is 1.31. The minimum Gasteiger partial charge on any atom is -0.271 e. The largest absolute Gasteiger partial charge is 0.271 e. The molecule has 1 aromatic rings. The van der Waals surface area contributed by atoms with E-state index in [-0.39, 0.29) is 0 Å². The Balaban J connectivity index is 3.12. The van der Waals surface area contributed by atoms with E-state index in [0.717, 1.165) is 12.1 Å². The van der Waals surface area contributed by atoms with Crippen molar-refractivity contribution in [2.24, 2.45) is 7.05 Å². The van der Waals surface area contributed by atoms with Crippen molar-refractivity contribution in [3.63, 3.8) is 0 Å². The molecule has 0 radical (unpaired) electrons. The van der Waals surface area contributed by atoms with Crippen LogP contribution in [-0.4, -0.2) is 9.78 Å². The number of nitriles is 1. The predicted octanol–water partition coefficient (Wildman–Crippen LogP) is 1.81. The van der Waals surface area contributed by atoms with Crippen molar-refractivity contribution in [3.8, 4) is 6.07 Å². The monoisotopic (exact) mass is 163 g/mol. The summed E-state index contributed by atoms with van der Waals surface area (Å²) in [4.78, 5) is 0. The fraction of sp³-hybridized carbons (Fsp3) is 0.556. The van der Waals surface area contributed by atoms with Crippen molar-refractivity contribution >= 4 is 0 Å². The van der Waals surface area contributed by atoms with Gasteiger partial charge in [-0.3, -0.25) is 4.68 Å². The van der Waals surface area contributed by atoms with Gasteiger partial charge in [0.1, 0.15) is 6.07 Å². The van der Waals surface area contributed by atoms with E-state index in [1.165, 1.54) is 0 Å². The minimum absolute atomic E-state index is 0.409. The van der Waals surface area contributed by atoms with Gasteiger partial charge in [-0.05, 0) is 12.3 Å². The zero-order valence-corrected chi connectivity index (χ0v) is 7.70. The van der Waals surface area contributed by atoms with Gasteiger partial charge in [-0.15, -0.1) is 0 Å². The lowest BCUT2D eigenvalue weighted by molar-refractivity contribution is 0.623. The molecule has 1 aromatic heterocycles. The summed E-state index contributed by atoms with van der Waals surface area (Å²) in [5.74, 6) is 0.409. The van der Waals surface area contributed by atoms with Crippen molar-refractivity contribution in [1.82, 2.24) is 9.78 Å². The van der Waals surface area contributed by atoms with Gasteiger partial charge in [0.15, 0.2) is 0 Å². The van der Waals surface area contributed by atoms with Crippen molar-refractivity contribution in [3.05, 3.63) is 17.5 Å². The summed E-state index contributed by atoms with van der Waals surface area (Å²) in [6.45, 7) is 4.22. The third-order valence-corrected chi connectivity index (χ3v) is 2.18. The molecule has 0 bridgehead atoms. The molecule has 0 aliphatic heterocycles. The molecular formula is C9H13N3. The summed E-state index contributed by atoms with van der Waals surface area (Å²) in [5.41, 5.74) is 1.74. The summed E-state index contributed by atoms with van der Waals surface area (Å²) in [5, 5.41) is 12.8. The molecule has 0 amide bonds. The number of hydrogen-bond acceptors (Lipinski definition) is 2. The molecule has 0 spiro atoms.